The molecule has 0 aliphatic carbocycles. The lowest BCUT2D eigenvalue weighted by atomic mass is 10.2. The molecular formula is C31H26O9. The van der Waals surface area contributed by atoms with E-state index in [-0.39, 0.29) is 22.6 Å². The molecular weight excluding hydrogens is 516 g/mol. The van der Waals surface area contributed by atoms with Gasteiger partial charge in [-0.25, -0.2) is 14.4 Å². The Hall–Kier alpha value is -5.31. The van der Waals surface area contributed by atoms with Crippen molar-refractivity contribution in [1.29, 1.82) is 0 Å². The van der Waals surface area contributed by atoms with Crippen molar-refractivity contribution in [2.75, 3.05) is 13.2 Å². The number of benzene rings is 4. The van der Waals surface area contributed by atoms with Crippen LogP contribution in [-0.4, -0.2) is 31.3 Å². The molecule has 0 saturated carbocycles. The summed E-state index contributed by atoms with van der Waals surface area (Å²) in [7, 11) is 0. The van der Waals surface area contributed by atoms with E-state index >= 15 is 0 Å². The molecule has 40 heavy (non-hydrogen) atoms. The normalized spacial score (nSPS) is 10.2. The molecule has 0 fully saturated rings. The third kappa shape index (κ3) is 7.84. The third-order valence-corrected chi connectivity index (χ3v) is 5.27. The third-order valence-electron chi connectivity index (χ3n) is 5.27. The molecule has 9 nitrogen and oxygen atoms in total. The van der Waals surface area contributed by atoms with Crippen molar-refractivity contribution in [1.82, 2.24) is 0 Å². The van der Waals surface area contributed by atoms with Gasteiger partial charge < -0.3 is 28.4 Å². The van der Waals surface area contributed by atoms with Crippen molar-refractivity contribution < 1.29 is 42.8 Å². The molecule has 4 rings (SSSR count). The Kier molecular flexibility index (Phi) is 9.34. The molecule has 0 aliphatic heterocycles. The van der Waals surface area contributed by atoms with E-state index in [1.165, 1.54) is 48.5 Å². The second-order valence-corrected chi connectivity index (χ2v) is 8.09. The minimum Gasteiger partial charge on any atom is -0.494 e. The lowest BCUT2D eigenvalue weighted by Gasteiger charge is -2.08. The summed E-state index contributed by atoms with van der Waals surface area (Å²) in [6, 6.07) is 25.0. The van der Waals surface area contributed by atoms with E-state index in [0.29, 0.717) is 36.2 Å². The Morgan fingerprint density at radius 3 is 1.02 bits per heavy atom. The van der Waals surface area contributed by atoms with Gasteiger partial charge in [-0.15, -0.1) is 0 Å². The minimum absolute atomic E-state index is 0.165. The first-order valence-electron chi connectivity index (χ1n) is 12.4. The summed E-state index contributed by atoms with van der Waals surface area (Å²) in [5, 5.41) is 0. The maximum absolute atomic E-state index is 12.4. The van der Waals surface area contributed by atoms with Gasteiger partial charge >= 0.3 is 18.1 Å². The van der Waals surface area contributed by atoms with Gasteiger partial charge in [-0.3, -0.25) is 0 Å². The summed E-state index contributed by atoms with van der Waals surface area (Å²) in [5.74, 6) is 1.28. The maximum Gasteiger partial charge on any atom is 0.519 e. The molecule has 4 aromatic rings. The lowest BCUT2D eigenvalue weighted by Crippen LogP contribution is -2.14. The smallest absolute Gasteiger partial charge is 0.494 e. The Bertz CT molecular complexity index is 1320. The predicted molar refractivity (Wildman–Crippen MR) is 145 cm³/mol. The first-order valence-corrected chi connectivity index (χ1v) is 12.4. The van der Waals surface area contributed by atoms with Gasteiger partial charge in [0.05, 0.1) is 24.3 Å². The number of ether oxygens (including phenoxy) is 6. The first kappa shape index (κ1) is 27.7. The Morgan fingerprint density at radius 2 is 0.700 bits per heavy atom. The quantitative estimate of drug-likeness (QED) is 0.126. The molecule has 0 saturated heterocycles. The molecule has 0 aliphatic rings. The zero-order chi connectivity index (χ0) is 28.3. The highest BCUT2D eigenvalue weighted by atomic mass is 16.7. The number of carbonyl (C=O) groups is 3. The lowest BCUT2D eigenvalue weighted by molar-refractivity contribution is 0.0725. The number of hydrogen-bond acceptors (Lipinski definition) is 9. The van der Waals surface area contributed by atoms with Gasteiger partial charge in [0.1, 0.15) is 34.5 Å². The SMILES string of the molecule is CCOc1ccc(OC(=O)c2ccc(OC(=O)Oc3ccc(C(=O)Oc4ccc(OCC)cc4)cc3)cc2)cc1. The Morgan fingerprint density at radius 1 is 0.425 bits per heavy atom. The second kappa shape index (κ2) is 13.5. The molecule has 9 heteroatoms. The second-order valence-electron chi connectivity index (χ2n) is 8.09. The van der Waals surface area contributed by atoms with Crippen LogP contribution in [0.15, 0.2) is 97.1 Å². The Labute approximate surface area is 230 Å². The van der Waals surface area contributed by atoms with Crippen molar-refractivity contribution in [3.63, 3.8) is 0 Å². The van der Waals surface area contributed by atoms with E-state index in [9.17, 15) is 14.4 Å². The molecule has 0 radical (unpaired) electrons. The van der Waals surface area contributed by atoms with E-state index in [4.69, 9.17) is 28.4 Å². The summed E-state index contributed by atoms with van der Waals surface area (Å²) < 4.78 is 31.7. The number of carbonyl (C=O) groups excluding carboxylic acids is 3. The fraction of sp³-hybridized carbons (Fsp3) is 0.129. The Balaban J connectivity index is 1.26. The minimum atomic E-state index is -0.991. The summed E-state index contributed by atoms with van der Waals surface area (Å²) in [4.78, 5) is 37.0. The molecule has 204 valence electrons. The summed E-state index contributed by atoms with van der Waals surface area (Å²) in [5.41, 5.74) is 0.532. The standard InChI is InChI=1S/C31H26O9/c1-3-35-23-13-17-25(18-14-23)37-29(32)21-5-9-27(10-6-21)39-31(34)40-28-11-7-22(8-12-28)30(33)38-26-19-15-24(16-20-26)36-4-2/h5-20H,3-4H2,1-2H3. The maximum atomic E-state index is 12.4. The molecule has 0 atom stereocenters. The summed E-state index contributed by atoms with van der Waals surface area (Å²) in [6.45, 7) is 4.83. The van der Waals surface area contributed by atoms with Crippen LogP contribution in [0.2, 0.25) is 0 Å². The van der Waals surface area contributed by atoms with Gasteiger partial charge in [-0.2, -0.15) is 0 Å². The molecule has 4 aromatic carbocycles. The van der Waals surface area contributed by atoms with Gasteiger partial charge in [0, 0.05) is 0 Å². The average molecular weight is 543 g/mol. The van der Waals surface area contributed by atoms with Crippen LogP contribution in [0.1, 0.15) is 34.6 Å². The van der Waals surface area contributed by atoms with Crippen molar-refractivity contribution in [2.24, 2.45) is 0 Å². The van der Waals surface area contributed by atoms with Gasteiger partial charge in [0.15, 0.2) is 0 Å². The molecule has 0 N–H and O–H groups in total. The fourth-order valence-electron chi connectivity index (χ4n) is 3.40. The summed E-state index contributed by atoms with van der Waals surface area (Å²) in [6.07, 6.45) is -0.991. The van der Waals surface area contributed by atoms with Gasteiger partial charge in [0.25, 0.3) is 0 Å². The highest BCUT2D eigenvalue weighted by Crippen LogP contribution is 2.22. The van der Waals surface area contributed by atoms with Crippen LogP contribution in [0.4, 0.5) is 4.79 Å². The van der Waals surface area contributed by atoms with Crippen LogP contribution in [0.25, 0.3) is 0 Å². The first-order chi connectivity index (χ1) is 19.4. The summed E-state index contributed by atoms with van der Waals surface area (Å²) >= 11 is 0. The topological polar surface area (TPSA) is 107 Å². The van der Waals surface area contributed by atoms with Crippen molar-refractivity contribution >= 4 is 18.1 Å². The average Bonchev–Trinajstić information content (AvgIpc) is 2.96. The number of esters is 2. The highest BCUT2D eigenvalue weighted by Gasteiger charge is 2.13. The molecule has 0 heterocycles. The van der Waals surface area contributed by atoms with Crippen molar-refractivity contribution in [3.05, 3.63) is 108 Å². The van der Waals surface area contributed by atoms with Crippen LogP contribution >= 0.6 is 0 Å². The van der Waals surface area contributed by atoms with Gasteiger partial charge in [-0.05, 0) is 111 Å². The van der Waals surface area contributed by atoms with Crippen molar-refractivity contribution in [2.45, 2.75) is 13.8 Å². The van der Waals surface area contributed by atoms with Crippen LogP contribution < -0.4 is 28.4 Å². The molecule has 0 spiro atoms. The van der Waals surface area contributed by atoms with E-state index in [1.807, 2.05) is 13.8 Å². The monoisotopic (exact) mass is 542 g/mol. The van der Waals surface area contributed by atoms with E-state index in [0.717, 1.165) is 0 Å². The van der Waals surface area contributed by atoms with E-state index < -0.39 is 18.1 Å². The van der Waals surface area contributed by atoms with Gasteiger partial charge in [0.2, 0.25) is 0 Å². The van der Waals surface area contributed by atoms with Crippen LogP contribution in [0.3, 0.4) is 0 Å². The predicted octanol–water partition coefficient (Wildman–Crippen LogP) is 6.50. The number of hydrogen-bond donors (Lipinski definition) is 0. The zero-order valence-corrected chi connectivity index (χ0v) is 21.8. The van der Waals surface area contributed by atoms with Gasteiger partial charge in [-0.1, -0.05) is 0 Å². The molecule has 0 amide bonds. The van der Waals surface area contributed by atoms with Crippen LogP contribution in [0, 0.1) is 0 Å². The molecule has 0 unspecified atom stereocenters. The largest absolute Gasteiger partial charge is 0.519 e. The molecule has 0 bridgehead atoms. The number of rotatable bonds is 10. The van der Waals surface area contributed by atoms with E-state index in [2.05, 4.69) is 0 Å². The van der Waals surface area contributed by atoms with Crippen LogP contribution in [0.5, 0.6) is 34.5 Å². The van der Waals surface area contributed by atoms with Crippen molar-refractivity contribution in [3.8, 4) is 34.5 Å². The molecule has 0 aromatic heterocycles. The van der Waals surface area contributed by atoms with E-state index in [1.54, 1.807) is 48.5 Å². The highest BCUT2D eigenvalue weighted by molar-refractivity contribution is 5.92. The fourth-order valence-corrected chi connectivity index (χ4v) is 3.40. The zero-order valence-electron chi connectivity index (χ0n) is 21.8. The van der Waals surface area contributed by atoms with Crippen LogP contribution in [-0.2, 0) is 0 Å².